The lowest BCUT2D eigenvalue weighted by Gasteiger charge is -2.38. The molecule has 1 atom stereocenters. The summed E-state index contributed by atoms with van der Waals surface area (Å²) in [6.45, 7) is 5.42. The fraction of sp³-hybridized carbons (Fsp3) is 0.538. The van der Waals surface area contributed by atoms with Crippen molar-refractivity contribution >= 4 is 5.69 Å². The van der Waals surface area contributed by atoms with Crippen LogP contribution in [0.5, 0.6) is 0 Å². The molecule has 1 aliphatic rings. The highest BCUT2D eigenvalue weighted by Crippen LogP contribution is 2.25. The molecule has 0 aliphatic carbocycles. The molecule has 0 bridgehead atoms. The van der Waals surface area contributed by atoms with Gasteiger partial charge in [-0.05, 0) is 18.1 Å². The number of nitrogens with zero attached hydrogens (tertiary/aromatic N) is 1. The van der Waals surface area contributed by atoms with E-state index in [-0.39, 0.29) is 0 Å². The normalized spacial score (nSPS) is 21.1. The van der Waals surface area contributed by atoms with E-state index in [2.05, 4.69) is 30.0 Å². The van der Waals surface area contributed by atoms with Gasteiger partial charge in [0.05, 0.1) is 19.3 Å². The number of para-hydroxylation sites is 1. The Morgan fingerprint density at radius 2 is 2.25 bits per heavy atom. The van der Waals surface area contributed by atoms with E-state index >= 15 is 0 Å². The van der Waals surface area contributed by atoms with Crippen molar-refractivity contribution in [3.05, 3.63) is 29.8 Å². The van der Waals surface area contributed by atoms with Crippen LogP contribution >= 0.6 is 0 Å². The highest BCUT2D eigenvalue weighted by Gasteiger charge is 2.22. The summed E-state index contributed by atoms with van der Waals surface area (Å²) in [7, 11) is 0. The van der Waals surface area contributed by atoms with Crippen molar-refractivity contribution in [2.45, 2.75) is 25.9 Å². The highest BCUT2D eigenvalue weighted by atomic mass is 16.5. The first kappa shape index (κ1) is 11.4. The van der Waals surface area contributed by atoms with Gasteiger partial charge >= 0.3 is 0 Å². The Morgan fingerprint density at radius 3 is 3.00 bits per heavy atom. The second-order valence-corrected chi connectivity index (χ2v) is 4.16. The third-order valence-electron chi connectivity index (χ3n) is 3.22. The summed E-state index contributed by atoms with van der Waals surface area (Å²) >= 11 is 0. The summed E-state index contributed by atoms with van der Waals surface area (Å²) < 4.78 is 5.53. The molecular formula is C13H20N2O. The molecule has 1 aliphatic heterocycles. The van der Waals surface area contributed by atoms with Crippen LogP contribution in [0, 0.1) is 0 Å². The predicted octanol–water partition coefficient (Wildman–Crippen LogP) is 1.76. The van der Waals surface area contributed by atoms with Gasteiger partial charge in [0, 0.05) is 18.8 Å². The first-order valence-corrected chi connectivity index (χ1v) is 5.99. The van der Waals surface area contributed by atoms with Crippen molar-refractivity contribution in [1.29, 1.82) is 0 Å². The molecular weight excluding hydrogens is 200 g/mol. The van der Waals surface area contributed by atoms with Crippen LogP contribution in [-0.4, -0.2) is 25.8 Å². The van der Waals surface area contributed by atoms with Crippen LogP contribution in [-0.2, 0) is 11.3 Å². The number of benzene rings is 1. The molecule has 3 nitrogen and oxygen atoms in total. The van der Waals surface area contributed by atoms with Crippen LogP contribution in [0.1, 0.15) is 18.9 Å². The number of morpholine rings is 1. The maximum atomic E-state index is 5.79. The van der Waals surface area contributed by atoms with Crippen LogP contribution in [0.15, 0.2) is 24.3 Å². The van der Waals surface area contributed by atoms with E-state index in [1.54, 1.807) is 0 Å². The molecule has 1 fully saturated rings. The standard InChI is InChI=1S/C13H20N2O/c1-2-12-10-16-8-7-15(12)13-6-4-3-5-11(13)9-14/h3-6,12H,2,7-10,14H2,1H3. The van der Waals surface area contributed by atoms with Gasteiger partial charge in [0.25, 0.3) is 0 Å². The molecule has 16 heavy (non-hydrogen) atoms. The van der Waals surface area contributed by atoms with E-state index in [4.69, 9.17) is 10.5 Å². The second kappa shape index (κ2) is 5.32. The zero-order valence-electron chi connectivity index (χ0n) is 9.86. The minimum Gasteiger partial charge on any atom is -0.377 e. The van der Waals surface area contributed by atoms with Crippen LogP contribution < -0.4 is 10.6 Å². The summed E-state index contributed by atoms with van der Waals surface area (Å²) in [4.78, 5) is 2.44. The van der Waals surface area contributed by atoms with Crippen LogP contribution in [0.4, 0.5) is 5.69 Å². The fourth-order valence-corrected chi connectivity index (χ4v) is 2.27. The van der Waals surface area contributed by atoms with Gasteiger partial charge in [0.15, 0.2) is 0 Å². The molecule has 1 heterocycles. The Morgan fingerprint density at radius 1 is 1.44 bits per heavy atom. The number of anilines is 1. The molecule has 0 radical (unpaired) electrons. The Bertz CT molecular complexity index is 340. The molecule has 0 saturated carbocycles. The van der Waals surface area contributed by atoms with Gasteiger partial charge in [-0.15, -0.1) is 0 Å². The van der Waals surface area contributed by atoms with Gasteiger partial charge in [0.2, 0.25) is 0 Å². The molecule has 3 heteroatoms. The molecule has 1 aromatic carbocycles. The van der Waals surface area contributed by atoms with Crippen LogP contribution in [0.2, 0.25) is 0 Å². The topological polar surface area (TPSA) is 38.5 Å². The first-order chi connectivity index (χ1) is 7.86. The smallest absolute Gasteiger partial charge is 0.0670 e. The molecule has 1 aromatic rings. The molecule has 0 spiro atoms. The first-order valence-electron chi connectivity index (χ1n) is 5.99. The maximum absolute atomic E-state index is 5.79. The van der Waals surface area contributed by atoms with Crippen molar-refractivity contribution in [2.24, 2.45) is 5.73 Å². The zero-order valence-corrected chi connectivity index (χ0v) is 9.86. The Hall–Kier alpha value is -1.06. The van der Waals surface area contributed by atoms with E-state index in [1.807, 2.05) is 6.07 Å². The molecule has 0 amide bonds. The fourth-order valence-electron chi connectivity index (χ4n) is 2.27. The summed E-state index contributed by atoms with van der Waals surface area (Å²) in [5.41, 5.74) is 8.29. The van der Waals surface area contributed by atoms with E-state index < -0.39 is 0 Å². The monoisotopic (exact) mass is 220 g/mol. The van der Waals surface area contributed by atoms with Crippen LogP contribution in [0.25, 0.3) is 0 Å². The molecule has 2 N–H and O–H groups in total. The van der Waals surface area contributed by atoms with Gasteiger partial charge in [-0.1, -0.05) is 25.1 Å². The average molecular weight is 220 g/mol. The lowest BCUT2D eigenvalue weighted by Crippen LogP contribution is -2.45. The van der Waals surface area contributed by atoms with Gasteiger partial charge in [-0.2, -0.15) is 0 Å². The van der Waals surface area contributed by atoms with E-state index in [0.29, 0.717) is 12.6 Å². The number of ether oxygens (including phenoxy) is 1. The van der Waals surface area contributed by atoms with Gasteiger partial charge < -0.3 is 15.4 Å². The SMILES string of the molecule is CCC1COCCN1c1ccccc1CN. The largest absolute Gasteiger partial charge is 0.377 e. The van der Waals surface area contributed by atoms with Crippen LogP contribution in [0.3, 0.4) is 0 Å². The van der Waals surface area contributed by atoms with Gasteiger partial charge in [0.1, 0.15) is 0 Å². The van der Waals surface area contributed by atoms with E-state index in [1.165, 1.54) is 11.3 Å². The van der Waals surface area contributed by atoms with Gasteiger partial charge in [-0.25, -0.2) is 0 Å². The van der Waals surface area contributed by atoms with Crippen molar-refractivity contribution < 1.29 is 4.74 Å². The van der Waals surface area contributed by atoms with E-state index in [0.717, 1.165) is 26.2 Å². The van der Waals surface area contributed by atoms with E-state index in [9.17, 15) is 0 Å². The lowest BCUT2D eigenvalue weighted by molar-refractivity contribution is 0.0929. The lowest BCUT2D eigenvalue weighted by atomic mass is 10.1. The molecule has 1 unspecified atom stereocenters. The van der Waals surface area contributed by atoms with Crippen molar-refractivity contribution in [2.75, 3.05) is 24.7 Å². The predicted molar refractivity (Wildman–Crippen MR) is 66.6 cm³/mol. The minimum atomic E-state index is 0.487. The summed E-state index contributed by atoms with van der Waals surface area (Å²) in [6.07, 6.45) is 1.11. The number of rotatable bonds is 3. The summed E-state index contributed by atoms with van der Waals surface area (Å²) in [6, 6.07) is 8.89. The molecule has 2 rings (SSSR count). The quantitative estimate of drug-likeness (QED) is 0.843. The zero-order chi connectivity index (χ0) is 11.4. The Balaban J connectivity index is 2.26. The van der Waals surface area contributed by atoms with Gasteiger partial charge in [-0.3, -0.25) is 0 Å². The third kappa shape index (κ3) is 2.20. The number of hydrogen-bond acceptors (Lipinski definition) is 3. The summed E-state index contributed by atoms with van der Waals surface area (Å²) in [5.74, 6) is 0. The molecule has 88 valence electrons. The van der Waals surface area contributed by atoms with Crippen molar-refractivity contribution in [3.8, 4) is 0 Å². The second-order valence-electron chi connectivity index (χ2n) is 4.16. The Kier molecular flexibility index (Phi) is 3.80. The average Bonchev–Trinajstić information content (AvgIpc) is 2.38. The third-order valence-corrected chi connectivity index (χ3v) is 3.22. The van der Waals surface area contributed by atoms with Crippen molar-refractivity contribution in [1.82, 2.24) is 0 Å². The number of hydrogen-bond donors (Lipinski definition) is 1. The minimum absolute atomic E-state index is 0.487. The Labute approximate surface area is 97.2 Å². The maximum Gasteiger partial charge on any atom is 0.0670 e. The summed E-state index contributed by atoms with van der Waals surface area (Å²) in [5, 5.41) is 0. The molecule has 1 saturated heterocycles. The van der Waals surface area contributed by atoms with Crippen molar-refractivity contribution in [3.63, 3.8) is 0 Å². The molecule has 0 aromatic heterocycles. The number of nitrogens with two attached hydrogens (primary N) is 1. The highest BCUT2D eigenvalue weighted by molar-refractivity contribution is 5.54.